The number of aromatic nitrogens is 4. The number of aromatic amines is 2. The lowest BCUT2D eigenvalue weighted by Gasteiger charge is -2.02. The van der Waals surface area contributed by atoms with Crippen LogP contribution in [0.3, 0.4) is 0 Å². The average molecular weight is 291 g/mol. The molecule has 3 aromatic rings. The highest BCUT2D eigenvalue weighted by molar-refractivity contribution is 7.89. The Morgan fingerprint density at radius 1 is 1.25 bits per heavy atom. The van der Waals surface area contributed by atoms with Crippen molar-refractivity contribution in [3.05, 3.63) is 42.1 Å². The molecule has 2 heterocycles. The molecular weight excluding hydrogens is 278 g/mol. The first-order valence-electron chi connectivity index (χ1n) is 5.99. The lowest BCUT2D eigenvalue weighted by atomic mass is 10.3. The Balaban J connectivity index is 1.79. The van der Waals surface area contributed by atoms with Crippen LogP contribution in [0, 0.1) is 6.92 Å². The molecule has 0 aliphatic heterocycles. The van der Waals surface area contributed by atoms with Crippen LogP contribution in [0.25, 0.3) is 11.0 Å². The van der Waals surface area contributed by atoms with Crippen molar-refractivity contribution in [2.24, 2.45) is 0 Å². The van der Waals surface area contributed by atoms with Gasteiger partial charge in [0.2, 0.25) is 0 Å². The molecule has 0 bridgehead atoms. The van der Waals surface area contributed by atoms with E-state index in [0.717, 1.165) is 11.0 Å². The maximum absolute atomic E-state index is 12.0. The third kappa shape index (κ3) is 2.43. The van der Waals surface area contributed by atoms with Gasteiger partial charge < -0.3 is 9.97 Å². The Morgan fingerprint density at radius 3 is 2.75 bits per heavy atom. The van der Waals surface area contributed by atoms with Gasteiger partial charge in [0, 0.05) is 0 Å². The summed E-state index contributed by atoms with van der Waals surface area (Å²) in [6, 6.07) is 7.52. The Hall–Kier alpha value is -2.19. The normalized spacial score (nSPS) is 12.1. The molecule has 3 N–H and O–H groups in total. The van der Waals surface area contributed by atoms with Crippen molar-refractivity contribution >= 4 is 21.1 Å². The van der Waals surface area contributed by atoms with Crippen molar-refractivity contribution in [1.82, 2.24) is 24.7 Å². The summed E-state index contributed by atoms with van der Waals surface area (Å²) < 4.78 is 26.5. The number of para-hydroxylation sites is 2. The second-order valence-corrected chi connectivity index (χ2v) is 6.09. The molecule has 0 aliphatic rings. The first kappa shape index (κ1) is 12.8. The van der Waals surface area contributed by atoms with E-state index in [9.17, 15) is 8.42 Å². The van der Waals surface area contributed by atoms with E-state index in [1.807, 2.05) is 24.3 Å². The highest BCUT2D eigenvalue weighted by Crippen LogP contribution is 2.11. The molecule has 104 valence electrons. The molecule has 0 amide bonds. The van der Waals surface area contributed by atoms with Gasteiger partial charge >= 0.3 is 0 Å². The van der Waals surface area contributed by atoms with Crippen LogP contribution in [-0.2, 0) is 16.6 Å². The fourth-order valence-electron chi connectivity index (χ4n) is 1.87. The standard InChI is InChI=1S/C12H13N5O2S/c1-8-13-7-12(15-8)20(18,19)14-6-11-16-9-4-2-3-5-10(9)17-11/h2-5,7,14H,6H2,1H3,(H,13,15)(H,16,17). The van der Waals surface area contributed by atoms with Gasteiger partial charge in [-0.2, -0.15) is 0 Å². The smallest absolute Gasteiger partial charge is 0.258 e. The number of sulfonamides is 1. The zero-order chi connectivity index (χ0) is 14.2. The minimum atomic E-state index is -3.60. The fourth-order valence-corrected chi connectivity index (χ4v) is 2.82. The van der Waals surface area contributed by atoms with Gasteiger partial charge in [-0.25, -0.2) is 23.1 Å². The number of nitrogens with zero attached hydrogens (tertiary/aromatic N) is 2. The molecule has 0 saturated heterocycles. The van der Waals surface area contributed by atoms with Crippen LogP contribution >= 0.6 is 0 Å². The summed E-state index contributed by atoms with van der Waals surface area (Å²) in [5, 5.41) is 0.0473. The van der Waals surface area contributed by atoms with Crippen LogP contribution in [-0.4, -0.2) is 28.4 Å². The van der Waals surface area contributed by atoms with Crippen LogP contribution in [0.1, 0.15) is 11.6 Å². The zero-order valence-electron chi connectivity index (χ0n) is 10.7. The predicted molar refractivity (Wildman–Crippen MR) is 73.4 cm³/mol. The molecule has 0 fully saturated rings. The van der Waals surface area contributed by atoms with Gasteiger partial charge in [-0.05, 0) is 19.1 Å². The summed E-state index contributed by atoms with van der Waals surface area (Å²) in [7, 11) is -3.60. The zero-order valence-corrected chi connectivity index (χ0v) is 11.5. The highest BCUT2D eigenvalue weighted by atomic mass is 32.2. The Bertz CT molecular complexity index is 816. The minimum absolute atomic E-state index is 0.0473. The molecular formula is C12H13N5O2S. The van der Waals surface area contributed by atoms with E-state index >= 15 is 0 Å². The monoisotopic (exact) mass is 291 g/mol. The van der Waals surface area contributed by atoms with E-state index in [2.05, 4.69) is 24.7 Å². The van der Waals surface area contributed by atoms with E-state index < -0.39 is 10.0 Å². The van der Waals surface area contributed by atoms with E-state index in [-0.39, 0.29) is 11.6 Å². The number of rotatable bonds is 4. The van der Waals surface area contributed by atoms with Gasteiger partial charge in [0.15, 0.2) is 5.03 Å². The van der Waals surface area contributed by atoms with E-state index in [1.54, 1.807) is 6.92 Å². The van der Waals surface area contributed by atoms with Crippen LogP contribution in [0.15, 0.2) is 35.5 Å². The first-order chi connectivity index (χ1) is 9.54. The SMILES string of the molecule is Cc1ncc(S(=O)(=O)NCc2nc3ccccc3[nH]2)[nH]1. The highest BCUT2D eigenvalue weighted by Gasteiger charge is 2.16. The van der Waals surface area contributed by atoms with E-state index in [4.69, 9.17) is 0 Å². The summed E-state index contributed by atoms with van der Waals surface area (Å²) in [6.45, 7) is 1.79. The summed E-state index contributed by atoms with van der Waals surface area (Å²) >= 11 is 0. The van der Waals surface area contributed by atoms with Gasteiger partial charge in [0.25, 0.3) is 10.0 Å². The molecule has 3 rings (SSSR count). The lowest BCUT2D eigenvalue weighted by molar-refractivity contribution is 0.576. The second-order valence-electron chi connectivity index (χ2n) is 4.36. The predicted octanol–water partition coefficient (Wildman–Crippen LogP) is 1.07. The summed E-state index contributed by atoms with van der Waals surface area (Å²) in [5.74, 6) is 1.11. The number of H-pyrrole nitrogens is 2. The van der Waals surface area contributed by atoms with Crippen LogP contribution in [0.4, 0.5) is 0 Å². The minimum Gasteiger partial charge on any atom is -0.341 e. The fraction of sp³-hybridized carbons (Fsp3) is 0.167. The molecule has 8 heteroatoms. The maximum Gasteiger partial charge on any atom is 0.258 e. The lowest BCUT2D eigenvalue weighted by Crippen LogP contribution is -2.24. The maximum atomic E-state index is 12.0. The molecule has 0 atom stereocenters. The number of imidazole rings is 2. The van der Waals surface area contributed by atoms with Gasteiger partial charge in [0.1, 0.15) is 11.6 Å². The summed E-state index contributed by atoms with van der Waals surface area (Å²) in [6.07, 6.45) is 1.29. The summed E-state index contributed by atoms with van der Waals surface area (Å²) in [5.41, 5.74) is 1.68. The Kier molecular flexibility index (Phi) is 3.03. The quantitative estimate of drug-likeness (QED) is 0.669. The third-order valence-electron chi connectivity index (χ3n) is 2.84. The number of hydrogen-bond donors (Lipinski definition) is 3. The van der Waals surface area contributed by atoms with Gasteiger partial charge in [-0.15, -0.1) is 0 Å². The van der Waals surface area contributed by atoms with Crippen molar-refractivity contribution in [3.8, 4) is 0 Å². The van der Waals surface area contributed by atoms with Crippen molar-refractivity contribution in [2.75, 3.05) is 0 Å². The number of benzene rings is 1. The molecule has 7 nitrogen and oxygen atoms in total. The number of aryl methyl sites for hydroxylation is 1. The molecule has 0 saturated carbocycles. The number of nitrogens with one attached hydrogen (secondary N) is 3. The van der Waals surface area contributed by atoms with Crippen molar-refractivity contribution in [1.29, 1.82) is 0 Å². The molecule has 20 heavy (non-hydrogen) atoms. The van der Waals surface area contributed by atoms with Gasteiger partial charge in [0.05, 0.1) is 23.8 Å². The topological polar surface area (TPSA) is 104 Å². The van der Waals surface area contributed by atoms with Gasteiger partial charge in [-0.1, -0.05) is 12.1 Å². The molecule has 0 spiro atoms. The first-order valence-corrected chi connectivity index (χ1v) is 7.48. The number of hydrogen-bond acceptors (Lipinski definition) is 4. The van der Waals surface area contributed by atoms with Crippen molar-refractivity contribution in [2.45, 2.75) is 18.5 Å². The van der Waals surface area contributed by atoms with E-state index in [0.29, 0.717) is 11.6 Å². The molecule has 2 aromatic heterocycles. The van der Waals surface area contributed by atoms with Crippen molar-refractivity contribution in [3.63, 3.8) is 0 Å². The second kappa shape index (κ2) is 4.73. The largest absolute Gasteiger partial charge is 0.341 e. The van der Waals surface area contributed by atoms with E-state index in [1.165, 1.54) is 6.20 Å². The van der Waals surface area contributed by atoms with Crippen LogP contribution < -0.4 is 4.72 Å². The molecule has 1 aromatic carbocycles. The third-order valence-corrected chi connectivity index (χ3v) is 4.15. The van der Waals surface area contributed by atoms with Crippen LogP contribution in [0.5, 0.6) is 0 Å². The van der Waals surface area contributed by atoms with Gasteiger partial charge in [-0.3, -0.25) is 0 Å². The molecule has 0 radical (unpaired) electrons. The van der Waals surface area contributed by atoms with Crippen molar-refractivity contribution < 1.29 is 8.42 Å². The van der Waals surface area contributed by atoms with Crippen LogP contribution in [0.2, 0.25) is 0 Å². The summed E-state index contributed by atoms with van der Waals surface area (Å²) in [4.78, 5) is 13.9. The Morgan fingerprint density at radius 2 is 2.05 bits per heavy atom. The molecule has 0 aliphatic carbocycles. The molecule has 0 unspecified atom stereocenters. The Labute approximate surface area is 115 Å². The number of fused-ring (bicyclic) bond motifs is 1. The average Bonchev–Trinajstić information content (AvgIpc) is 3.02.